The molecule has 2 atom stereocenters. The molecule has 0 N–H and O–H groups in total. The zero-order valence-electron chi connectivity index (χ0n) is 24.1. The number of aryl methyl sites for hydroxylation is 2. The third-order valence-electron chi connectivity index (χ3n) is 8.61. The molecular formula is C36H36Cl2SiTi. The Morgan fingerprint density at radius 1 is 0.525 bits per heavy atom. The summed E-state index contributed by atoms with van der Waals surface area (Å²) >= 11 is -1.70. The normalized spacial score (nSPS) is 16.4. The fourth-order valence-corrected chi connectivity index (χ4v) is 21.0. The van der Waals surface area contributed by atoms with Gasteiger partial charge < -0.3 is 24.8 Å². The maximum absolute atomic E-state index is 2.61. The van der Waals surface area contributed by atoms with E-state index in [9.17, 15) is 0 Å². The molecule has 0 aliphatic heterocycles. The van der Waals surface area contributed by atoms with Crippen LogP contribution in [0.2, 0.25) is 13.1 Å². The van der Waals surface area contributed by atoms with Crippen molar-refractivity contribution in [1.82, 2.24) is 0 Å². The van der Waals surface area contributed by atoms with Crippen molar-refractivity contribution < 1.29 is 41.4 Å². The fraction of sp³-hybridized carbons (Fsp3) is 0.222. The molecule has 0 aromatic heterocycles. The van der Waals surface area contributed by atoms with Gasteiger partial charge in [0, 0.05) is 0 Å². The van der Waals surface area contributed by atoms with Gasteiger partial charge in [-0.1, -0.05) is 0 Å². The standard InChI is InChI=1S/2C17H15.C2H6Si.2ClH.Ti/c2*1-12-10-16-13(2)8-9-15(17(16)11-12)14-6-4-3-5-7-14;1-3-2;;;/h2*3-11H,1-2H3;1-2H3;2*1H;/q;;;;;+2/p-2. The molecule has 0 spiro atoms. The Bertz CT molecular complexity index is 1540. The summed E-state index contributed by atoms with van der Waals surface area (Å²) in [4.78, 5) is 0. The third kappa shape index (κ3) is 5.17. The maximum Gasteiger partial charge on any atom is -1.00 e. The van der Waals surface area contributed by atoms with Crippen molar-refractivity contribution in [3.63, 3.8) is 0 Å². The number of rotatable bonds is 4. The van der Waals surface area contributed by atoms with Crippen molar-refractivity contribution in [1.29, 1.82) is 0 Å². The minimum absolute atomic E-state index is 0. The average Bonchev–Trinajstić information content (AvgIpc) is 3.44. The van der Waals surface area contributed by atoms with Gasteiger partial charge in [0.15, 0.2) is 0 Å². The first-order valence-corrected chi connectivity index (χ1v) is 20.4. The summed E-state index contributed by atoms with van der Waals surface area (Å²) in [6, 6.07) is 31.4. The van der Waals surface area contributed by atoms with E-state index in [2.05, 4.69) is 138 Å². The third-order valence-corrected chi connectivity index (χ3v) is 21.8. The Morgan fingerprint density at radius 2 is 0.900 bits per heavy atom. The zero-order chi connectivity index (χ0) is 26.6. The molecule has 2 unspecified atom stereocenters. The minimum atomic E-state index is -1.70. The first-order valence-electron chi connectivity index (χ1n) is 13.8. The first-order chi connectivity index (χ1) is 18.4. The molecule has 0 saturated heterocycles. The van der Waals surface area contributed by atoms with E-state index in [4.69, 9.17) is 0 Å². The molecule has 0 amide bonds. The second-order valence-electron chi connectivity index (χ2n) is 11.3. The van der Waals surface area contributed by atoms with E-state index in [0.717, 1.165) is 0 Å². The van der Waals surface area contributed by atoms with Crippen LogP contribution in [0.5, 0.6) is 0 Å². The predicted octanol–water partition coefficient (Wildman–Crippen LogP) is 4.13. The molecule has 202 valence electrons. The van der Waals surface area contributed by atoms with Gasteiger partial charge in [0.1, 0.15) is 0 Å². The Balaban J connectivity index is 0.00000185. The van der Waals surface area contributed by atoms with Crippen molar-refractivity contribution in [2.45, 2.75) is 49.2 Å². The summed E-state index contributed by atoms with van der Waals surface area (Å²) in [6.07, 6.45) is 4.61. The molecule has 2 aliphatic carbocycles. The SMILES string of the molecule is CC1=Cc2c(-c3ccccc3)ccc(C)c2[CH]1[Ti+2]([CH]1C(C)=Cc2c(-c3ccccc3)ccc(C)c21)=[Si](C)C.[Cl-].[Cl-]. The first kappa shape index (κ1) is 30.8. The van der Waals surface area contributed by atoms with Gasteiger partial charge >= 0.3 is 236 Å². The quantitative estimate of drug-likeness (QED) is 0.303. The van der Waals surface area contributed by atoms with Crippen LogP contribution in [0.3, 0.4) is 0 Å². The Kier molecular flexibility index (Phi) is 9.55. The number of halogens is 2. The number of fused-ring (bicyclic) bond motifs is 2. The molecule has 4 heteroatoms. The van der Waals surface area contributed by atoms with Crippen LogP contribution in [0.1, 0.15) is 55.7 Å². The summed E-state index contributed by atoms with van der Waals surface area (Å²) in [7, 11) is 0. The molecule has 4 aromatic rings. The van der Waals surface area contributed by atoms with Crippen molar-refractivity contribution in [3.8, 4) is 22.3 Å². The molecule has 40 heavy (non-hydrogen) atoms. The van der Waals surface area contributed by atoms with Gasteiger partial charge in [-0.05, 0) is 0 Å². The van der Waals surface area contributed by atoms with E-state index in [-0.39, 0.29) is 24.8 Å². The summed E-state index contributed by atoms with van der Waals surface area (Å²) in [5.41, 5.74) is 17.9. The molecule has 6 rings (SSSR count). The van der Waals surface area contributed by atoms with Crippen LogP contribution in [0, 0.1) is 13.8 Å². The molecule has 2 aliphatic rings. The Labute approximate surface area is 259 Å². The molecule has 0 heterocycles. The van der Waals surface area contributed by atoms with E-state index >= 15 is 0 Å². The van der Waals surface area contributed by atoms with Crippen molar-refractivity contribution >= 4 is 18.3 Å². The van der Waals surface area contributed by atoms with Crippen LogP contribution in [-0.4, -0.2) is 6.19 Å². The molecular weight excluding hydrogens is 579 g/mol. The van der Waals surface area contributed by atoms with Gasteiger partial charge in [-0.25, -0.2) is 0 Å². The average molecular weight is 616 g/mol. The second-order valence-corrected chi connectivity index (χ2v) is 23.6. The number of hydrogen-bond donors (Lipinski definition) is 0. The Morgan fingerprint density at radius 3 is 1.25 bits per heavy atom. The van der Waals surface area contributed by atoms with Gasteiger partial charge in [0.2, 0.25) is 0 Å². The van der Waals surface area contributed by atoms with Crippen molar-refractivity contribution in [2.24, 2.45) is 0 Å². The number of hydrogen-bond acceptors (Lipinski definition) is 0. The van der Waals surface area contributed by atoms with E-state index in [1.807, 2.05) is 0 Å². The van der Waals surface area contributed by atoms with E-state index < -0.39 is 22.8 Å². The summed E-state index contributed by atoms with van der Waals surface area (Å²) in [5.74, 6) is 0. The van der Waals surface area contributed by atoms with Crippen LogP contribution in [-0.2, 0) is 16.6 Å². The van der Waals surface area contributed by atoms with E-state index in [0.29, 0.717) is 8.45 Å². The monoisotopic (exact) mass is 614 g/mol. The van der Waals surface area contributed by atoms with Crippen molar-refractivity contribution in [3.05, 3.63) is 129 Å². The molecule has 0 bridgehead atoms. The van der Waals surface area contributed by atoms with Crippen LogP contribution < -0.4 is 24.8 Å². The molecule has 0 radical (unpaired) electrons. The summed E-state index contributed by atoms with van der Waals surface area (Å²) in [6.45, 7) is 14.8. The largest absolute Gasteiger partial charge is 1.00 e. The van der Waals surface area contributed by atoms with Crippen LogP contribution in [0.25, 0.3) is 34.4 Å². The summed E-state index contributed by atoms with van der Waals surface area (Å²) < 4.78 is 1.24. The van der Waals surface area contributed by atoms with Gasteiger partial charge in [-0.2, -0.15) is 0 Å². The fourth-order valence-electron chi connectivity index (χ4n) is 6.93. The van der Waals surface area contributed by atoms with Gasteiger partial charge in [0.05, 0.1) is 0 Å². The predicted molar refractivity (Wildman–Crippen MR) is 163 cm³/mol. The van der Waals surface area contributed by atoms with Crippen LogP contribution >= 0.6 is 0 Å². The summed E-state index contributed by atoms with van der Waals surface area (Å²) in [5, 5.41) is 0. The van der Waals surface area contributed by atoms with Crippen molar-refractivity contribution in [2.75, 3.05) is 0 Å². The van der Waals surface area contributed by atoms with Gasteiger partial charge in [-0.3, -0.25) is 0 Å². The molecule has 0 nitrogen and oxygen atoms in total. The number of benzene rings is 4. The van der Waals surface area contributed by atoms with Gasteiger partial charge in [0.25, 0.3) is 0 Å². The molecule has 0 fully saturated rings. The molecule has 4 aromatic carbocycles. The van der Waals surface area contributed by atoms with Crippen LogP contribution in [0.4, 0.5) is 0 Å². The minimum Gasteiger partial charge on any atom is -1.00 e. The maximum atomic E-state index is 2.61. The van der Waals surface area contributed by atoms with E-state index in [1.54, 1.807) is 22.3 Å². The molecule has 0 saturated carbocycles. The number of allylic oxidation sites excluding steroid dienone is 2. The van der Waals surface area contributed by atoms with Crippen LogP contribution in [0.15, 0.2) is 96.1 Å². The smallest absolute Gasteiger partial charge is 1.00 e. The topological polar surface area (TPSA) is 0 Å². The van der Waals surface area contributed by atoms with E-state index in [1.165, 1.54) is 44.5 Å². The zero-order valence-corrected chi connectivity index (χ0v) is 28.2. The van der Waals surface area contributed by atoms with Gasteiger partial charge in [-0.15, -0.1) is 0 Å². The Hall–Kier alpha value is -2.13. The second kappa shape index (κ2) is 12.4.